The van der Waals surface area contributed by atoms with Crippen molar-refractivity contribution < 1.29 is 19.7 Å². The monoisotopic (exact) mass is 231 g/mol. The molecule has 1 fully saturated rings. The van der Waals surface area contributed by atoms with Gasteiger partial charge < -0.3 is 14.9 Å². The summed E-state index contributed by atoms with van der Waals surface area (Å²) in [7, 11) is 1.47. The van der Waals surface area contributed by atoms with E-state index in [4.69, 9.17) is 9.84 Å². The van der Waals surface area contributed by atoms with Crippen LogP contribution in [0.2, 0.25) is 0 Å². The van der Waals surface area contributed by atoms with Gasteiger partial charge in [0.05, 0.1) is 12.7 Å². The number of carboxylic acids is 1. The lowest BCUT2D eigenvalue weighted by molar-refractivity contribution is -0.141. The molecular formula is C11H21NO4. The molecule has 0 aromatic carbocycles. The predicted molar refractivity (Wildman–Crippen MR) is 59.3 cm³/mol. The van der Waals surface area contributed by atoms with Gasteiger partial charge in [-0.25, -0.2) is 0 Å². The Morgan fingerprint density at radius 2 is 2.12 bits per heavy atom. The Bertz CT molecular complexity index is 222. The highest BCUT2D eigenvalue weighted by Crippen LogP contribution is 2.18. The zero-order chi connectivity index (χ0) is 12.0. The number of rotatable bonds is 5. The summed E-state index contributed by atoms with van der Waals surface area (Å²) in [5, 5.41) is 21.8. The summed E-state index contributed by atoms with van der Waals surface area (Å²) < 4.78 is 4.85. The molecule has 0 aromatic rings. The van der Waals surface area contributed by atoms with Gasteiger partial charge in [0.15, 0.2) is 0 Å². The van der Waals surface area contributed by atoms with Crippen molar-refractivity contribution in [1.82, 2.24) is 5.32 Å². The van der Waals surface area contributed by atoms with Crippen molar-refractivity contribution in [2.45, 2.75) is 50.3 Å². The maximum absolute atomic E-state index is 10.9. The van der Waals surface area contributed by atoms with E-state index in [2.05, 4.69) is 5.32 Å². The number of aliphatic hydroxyl groups excluding tert-OH is 1. The second-order valence-corrected chi connectivity index (χ2v) is 4.32. The van der Waals surface area contributed by atoms with Crippen LogP contribution in [0.4, 0.5) is 0 Å². The summed E-state index contributed by atoms with van der Waals surface area (Å²) in [4.78, 5) is 10.9. The zero-order valence-corrected chi connectivity index (χ0v) is 9.69. The van der Waals surface area contributed by atoms with E-state index in [1.807, 2.05) is 0 Å². The van der Waals surface area contributed by atoms with Crippen molar-refractivity contribution >= 4 is 5.97 Å². The quantitative estimate of drug-likeness (QED) is 0.596. The molecule has 1 saturated carbocycles. The van der Waals surface area contributed by atoms with E-state index in [1.165, 1.54) is 7.11 Å². The molecule has 94 valence electrons. The van der Waals surface area contributed by atoms with E-state index in [0.717, 1.165) is 32.1 Å². The number of hydrogen-bond donors (Lipinski definition) is 3. The molecule has 0 saturated heterocycles. The first-order chi connectivity index (χ1) is 7.65. The Hall–Kier alpha value is -0.650. The van der Waals surface area contributed by atoms with Gasteiger partial charge in [0.25, 0.3) is 0 Å². The first kappa shape index (κ1) is 13.4. The average Bonchev–Trinajstić information content (AvgIpc) is 2.43. The molecule has 3 N–H and O–H groups in total. The van der Waals surface area contributed by atoms with Crippen LogP contribution in [-0.2, 0) is 9.53 Å². The Morgan fingerprint density at radius 3 is 2.75 bits per heavy atom. The molecule has 3 unspecified atom stereocenters. The summed E-state index contributed by atoms with van der Waals surface area (Å²) in [5.74, 6) is -0.932. The third kappa shape index (κ3) is 4.08. The molecule has 0 radical (unpaired) electrons. The zero-order valence-electron chi connectivity index (χ0n) is 9.69. The number of aliphatic carboxylic acids is 1. The highest BCUT2D eigenvalue weighted by atomic mass is 16.5. The number of carboxylic acid groups (broad SMARTS) is 1. The van der Waals surface area contributed by atoms with Crippen molar-refractivity contribution in [3.05, 3.63) is 0 Å². The molecule has 5 nitrogen and oxygen atoms in total. The lowest BCUT2D eigenvalue weighted by Gasteiger charge is -2.25. The van der Waals surface area contributed by atoms with E-state index in [0.29, 0.717) is 0 Å². The van der Waals surface area contributed by atoms with E-state index < -0.39 is 18.1 Å². The number of methoxy groups -OCH3 is 1. The van der Waals surface area contributed by atoms with Crippen LogP contribution >= 0.6 is 0 Å². The van der Waals surface area contributed by atoms with Gasteiger partial charge in [0, 0.05) is 13.2 Å². The van der Waals surface area contributed by atoms with Gasteiger partial charge in [-0.1, -0.05) is 19.3 Å². The third-order valence-electron chi connectivity index (χ3n) is 3.03. The van der Waals surface area contributed by atoms with Crippen LogP contribution < -0.4 is 5.32 Å². The minimum Gasteiger partial charge on any atom is -0.480 e. The predicted octanol–water partition coefficient (Wildman–Crippen LogP) is 0.369. The van der Waals surface area contributed by atoms with E-state index in [-0.39, 0.29) is 12.6 Å². The van der Waals surface area contributed by atoms with Gasteiger partial charge in [-0.05, 0) is 12.8 Å². The highest BCUT2D eigenvalue weighted by Gasteiger charge is 2.27. The number of carbonyl (C=O) groups is 1. The van der Waals surface area contributed by atoms with Gasteiger partial charge in [-0.15, -0.1) is 0 Å². The number of ether oxygens (including phenoxy) is 1. The van der Waals surface area contributed by atoms with Crippen LogP contribution in [0.25, 0.3) is 0 Å². The van der Waals surface area contributed by atoms with Gasteiger partial charge in [0.1, 0.15) is 6.04 Å². The molecule has 0 bridgehead atoms. The van der Waals surface area contributed by atoms with Crippen LogP contribution in [0, 0.1) is 0 Å². The fourth-order valence-electron chi connectivity index (χ4n) is 2.10. The molecule has 1 aliphatic carbocycles. The SMILES string of the molecule is COCC(NC1CCCCCC1O)C(=O)O. The summed E-state index contributed by atoms with van der Waals surface area (Å²) in [6.45, 7) is 0.124. The summed E-state index contributed by atoms with van der Waals surface area (Å²) >= 11 is 0. The van der Waals surface area contributed by atoms with Crippen molar-refractivity contribution in [2.24, 2.45) is 0 Å². The average molecular weight is 231 g/mol. The summed E-state index contributed by atoms with van der Waals surface area (Å²) in [6, 6.07) is -0.860. The largest absolute Gasteiger partial charge is 0.480 e. The smallest absolute Gasteiger partial charge is 0.323 e. The normalized spacial score (nSPS) is 28.4. The van der Waals surface area contributed by atoms with Gasteiger partial charge >= 0.3 is 5.97 Å². The fourth-order valence-corrected chi connectivity index (χ4v) is 2.10. The Labute approximate surface area is 95.8 Å². The molecule has 16 heavy (non-hydrogen) atoms. The lowest BCUT2D eigenvalue weighted by Crippen LogP contribution is -2.50. The van der Waals surface area contributed by atoms with E-state index >= 15 is 0 Å². The van der Waals surface area contributed by atoms with Crippen LogP contribution in [-0.4, -0.2) is 48.1 Å². The molecule has 1 rings (SSSR count). The first-order valence-corrected chi connectivity index (χ1v) is 5.81. The van der Waals surface area contributed by atoms with Crippen LogP contribution in [0.3, 0.4) is 0 Å². The third-order valence-corrected chi connectivity index (χ3v) is 3.03. The van der Waals surface area contributed by atoms with Crippen LogP contribution in [0.1, 0.15) is 32.1 Å². The molecular weight excluding hydrogens is 210 g/mol. The maximum atomic E-state index is 10.9. The molecule has 0 aliphatic heterocycles. The topological polar surface area (TPSA) is 78.8 Å². The van der Waals surface area contributed by atoms with Crippen molar-refractivity contribution in [1.29, 1.82) is 0 Å². The summed E-state index contributed by atoms with van der Waals surface area (Å²) in [5.41, 5.74) is 0. The minimum absolute atomic E-state index is 0.124. The standard InChI is InChI=1S/C11H21NO4/c1-16-7-9(11(14)15)12-8-5-3-2-4-6-10(8)13/h8-10,12-13H,2-7H2,1H3,(H,14,15). The van der Waals surface area contributed by atoms with Gasteiger partial charge in [-0.2, -0.15) is 0 Å². The molecule has 1 aliphatic rings. The van der Waals surface area contributed by atoms with Crippen molar-refractivity contribution in [3.63, 3.8) is 0 Å². The number of hydrogen-bond acceptors (Lipinski definition) is 4. The summed E-state index contributed by atoms with van der Waals surface area (Å²) in [6.07, 6.45) is 4.29. The molecule has 0 amide bonds. The van der Waals surface area contributed by atoms with E-state index in [9.17, 15) is 9.90 Å². The molecule has 5 heteroatoms. The molecule has 3 atom stereocenters. The van der Waals surface area contributed by atoms with E-state index in [1.54, 1.807) is 0 Å². The van der Waals surface area contributed by atoms with Crippen molar-refractivity contribution in [2.75, 3.05) is 13.7 Å². The molecule has 0 aromatic heterocycles. The molecule has 0 heterocycles. The number of nitrogens with one attached hydrogen (secondary N) is 1. The van der Waals surface area contributed by atoms with Crippen LogP contribution in [0.5, 0.6) is 0 Å². The molecule has 0 spiro atoms. The van der Waals surface area contributed by atoms with Crippen molar-refractivity contribution in [3.8, 4) is 0 Å². The highest BCUT2D eigenvalue weighted by molar-refractivity contribution is 5.73. The number of aliphatic hydroxyl groups is 1. The maximum Gasteiger partial charge on any atom is 0.323 e. The van der Waals surface area contributed by atoms with Gasteiger partial charge in [-0.3, -0.25) is 10.1 Å². The minimum atomic E-state index is -0.932. The first-order valence-electron chi connectivity index (χ1n) is 5.81. The van der Waals surface area contributed by atoms with Gasteiger partial charge in [0.2, 0.25) is 0 Å². The lowest BCUT2D eigenvalue weighted by atomic mass is 10.1. The Kier molecular flexibility index (Phi) is 5.73. The van der Waals surface area contributed by atoms with Crippen LogP contribution in [0.15, 0.2) is 0 Å². The Morgan fingerprint density at radius 1 is 1.44 bits per heavy atom. The second-order valence-electron chi connectivity index (χ2n) is 4.32. The fraction of sp³-hybridized carbons (Fsp3) is 0.909. The Balaban J connectivity index is 2.50. The second kappa shape index (κ2) is 6.83.